The standard InChI is InChI=1S/C11H21N3S/c1-4-6-10-13-14-11(15-10)7-5-8-12-9(2)3/h9,12H,4-8H2,1-3H3. The molecule has 0 saturated carbocycles. The van der Waals surface area contributed by atoms with Crippen molar-refractivity contribution in [3.05, 3.63) is 10.0 Å². The van der Waals surface area contributed by atoms with E-state index in [-0.39, 0.29) is 0 Å². The SMILES string of the molecule is CCCc1nnc(CCCNC(C)C)s1. The first-order valence-electron chi connectivity index (χ1n) is 5.77. The maximum absolute atomic E-state index is 4.19. The molecule has 1 rings (SSSR count). The van der Waals surface area contributed by atoms with Crippen LogP contribution in [0.15, 0.2) is 0 Å². The van der Waals surface area contributed by atoms with Crippen LogP contribution in [0, 0.1) is 0 Å². The summed E-state index contributed by atoms with van der Waals surface area (Å²) >= 11 is 1.77. The maximum atomic E-state index is 4.19. The third-order valence-electron chi connectivity index (χ3n) is 2.09. The van der Waals surface area contributed by atoms with E-state index in [1.807, 2.05) is 0 Å². The van der Waals surface area contributed by atoms with Crippen molar-refractivity contribution in [3.8, 4) is 0 Å². The van der Waals surface area contributed by atoms with E-state index >= 15 is 0 Å². The van der Waals surface area contributed by atoms with E-state index in [2.05, 4.69) is 36.3 Å². The second-order valence-electron chi connectivity index (χ2n) is 4.05. The smallest absolute Gasteiger partial charge is 0.117 e. The van der Waals surface area contributed by atoms with Crippen LogP contribution in [-0.2, 0) is 12.8 Å². The third kappa shape index (κ3) is 5.23. The van der Waals surface area contributed by atoms with Crippen LogP contribution in [0.5, 0.6) is 0 Å². The first kappa shape index (κ1) is 12.6. The van der Waals surface area contributed by atoms with E-state index in [1.54, 1.807) is 11.3 Å². The summed E-state index contributed by atoms with van der Waals surface area (Å²) in [4.78, 5) is 0. The first-order chi connectivity index (χ1) is 7.22. The van der Waals surface area contributed by atoms with E-state index in [0.717, 1.165) is 32.2 Å². The number of nitrogens with one attached hydrogen (secondary N) is 1. The number of aryl methyl sites for hydroxylation is 2. The van der Waals surface area contributed by atoms with Crippen LogP contribution in [0.1, 0.15) is 43.6 Å². The number of hydrogen-bond donors (Lipinski definition) is 1. The summed E-state index contributed by atoms with van der Waals surface area (Å²) in [7, 11) is 0. The Kier molecular flexibility index (Phi) is 5.79. The van der Waals surface area contributed by atoms with Crippen LogP contribution in [0.2, 0.25) is 0 Å². The highest BCUT2D eigenvalue weighted by Crippen LogP contribution is 2.12. The summed E-state index contributed by atoms with van der Waals surface area (Å²) in [5, 5.41) is 14.1. The lowest BCUT2D eigenvalue weighted by atomic mass is 10.3. The Morgan fingerprint density at radius 3 is 2.47 bits per heavy atom. The molecule has 0 aliphatic rings. The summed E-state index contributed by atoms with van der Waals surface area (Å²) in [5.74, 6) is 0. The molecule has 86 valence electrons. The normalized spacial score (nSPS) is 11.2. The van der Waals surface area contributed by atoms with Gasteiger partial charge in [-0.25, -0.2) is 0 Å². The Morgan fingerprint density at radius 1 is 1.20 bits per heavy atom. The Hall–Kier alpha value is -0.480. The number of hydrogen-bond acceptors (Lipinski definition) is 4. The van der Waals surface area contributed by atoms with Crippen LogP contribution in [0.4, 0.5) is 0 Å². The fourth-order valence-corrected chi connectivity index (χ4v) is 2.32. The van der Waals surface area contributed by atoms with E-state index < -0.39 is 0 Å². The van der Waals surface area contributed by atoms with Crippen LogP contribution < -0.4 is 5.32 Å². The molecule has 0 spiro atoms. The van der Waals surface area contributed by atoms with Crippen molar-refractivity contribution < 1.29 is 0 Å². The van der Waals surface area contributed by atoms with Gasteiger partial charge < -0.3 is 5.32 Å². The zero-order valence-electron chi connectivity index (χ0n) is 9.92. The second-order valence-corrected chi connectivity index (χ2v) is 5.20. The number of aromatic nitrogens is 2. The van der Waals surface area contributed by atoms with Gasteiger partial charge in [0.2, 0.25) is 0 Å². The predicted octanol–water partition coefficient (Wildman–Crippen LogP) is 2.42. The Balaban J connectivity index is 2.19. The largest absolute Gasteiger partial charge is 0.315 e. The summed E-state index contributed by atoms with van der Waals surface area (Å²) in [5.41, 5.74) is 0. The molecule has 0 fully saturated rings. The van der Waals surface area contributed by atoms with Gasteiger partial charge >= 0.3 is 0 Å². The Labute approximate surface area is 96.3 Å². The number of rotatable bonds is 7. The average Bonchev–Trinajstić information content (AvgIpc) is 2.61. The summed E-state index contributed by atoms with van der Waals surface area (Å²) in [6.45, 7) is 7.59. The van der Waals surface area contributed by atoms with E-state index in [1.165, 1.54) is 10.0 Å². The molecule has 0 saturated heterocycles. The highest BCUT2D eigenvalue weighted by Gasteiger charge is 2.02. The van der Waals surface area contributed by atoms with Gasteiger partial charge in [-0.05, 0) is 19.4 Å². The van der Waals surface area contributed by atoms with Gasteiger partial charge in [-0.3, -0.25) is 0 Å². The van der Waals surface area contributed by atoms with E-state index in [9.17, 15) is 0 Å². The molecule has 1 N–H and O–H groups in total. The molecule has 0 unspecified atom stereocenters. The molecular formula is C11H21N3S. The Bertz CT molecular complexity index is 271. The molecule has 0 bridgehead atoms. The molecule has 1 aromatic heterocycles. The summed E-state index contributed by atoms with van der Waals surface area (Å²) in [6, 6.07) is 0.579. The molecule has 0 aliphatic heterocycles. The van der Waals surface area contributed by atoms with Crippen molar-refractivity contribution in [2.45, 2.75) is 52.5 Å². The molecule has 4 heteroatoms. The molecule has 3 nitrogen and oxygen atoms in total. The topological polar surface area (TPSA) is 37.8 Å². The van der Waals surface area contributed by atoms with Crippen LogP contribution >= 0.6 is 11.3 Å². The molecular weight excluding hydrogens is 206 g/mol. The minimum Gasteiger partial charge on any atom is -0.315 e. The van der Waals surface area contributed by atoms with Gasteiger partial charge in [0.05, 0.1) is 0 Å². The number of nitrogens with zero attached hydrogens (tertiary/aromatic N) is 2. The third-order valence-corrected chi connectivity index (χ3v) is 3.14. The minimum absolute atomic E-state index is 0.579. The molecule has 1 aromatic rings. The minimum atomic E-state index is 0.579. The molecule has 0 atom stereocenters. The van der Waals surface area contributed by atoms with Crippen molar-refractivity contribution in [1.82, 2.24) is 15.5 Å². The van der Waals surface area contributed by atoms with Crippen molar-refractivity contribution in [1.29, 1.82) is 0 Å². The van der Waals surface area contributed by atoms with Gasteiger partial charge in [0.25, 0.3) is 0 Å². The van der Waals surface area contributed by atoms with Gasteiger partial charge in [0.15, 0.2) is 0 Å². The van der Waals surface area contributed by atoms with E-state index in [0.29, 0.717) is 6.04 Å². The second kappa shape index (κ2) is 6.90. The van der Waals surface area contributed by atoms with Crippen molar-refractivity contribution in [3.63, 3.8) is 0 Å². The maximum Gasteiger partial charge on any atom is 0.117 e. The molecule has 0 aromatic carbocycles. The van der Waals surface area contributed by atoms with Gasteiger partial charge in [-0.15, -0.1) is 21.5 Å². The zero-order valence-corrected chi connectivity index (χ0v) is 10.7. The van der Waals surface area contributed by atoms with Crippen molar-refractivity contribution in [2.24, 2.45) is 0 Å². The lowest BCUT2D eigenvalue weighted by Crippen LogP contribution is -2.23. The first-order valence-corrected chi connectivity index (χ1v) is 6.58. The quantitative estimate of drug-likeness (QED) is 0.727. The van der Waals surface area contributed by atoms with Crippen LogP contribution in [0.25, 0.3) is 0 Å². The molecule has 0 radical (unpaired) electrons. The molecule has 1 heterocycles. The fourth-order valence-electron chi connectivity index (χ4n) is 1.33. The highest BCUT2D eigenvalue weighted by atomic mass is 32.1. The highest BCUT2D eigenvalue weighted by molar-refractivity contribution is 7.11. The van der Waals surface area contributed by atoms with Crippen LogP contribution in [0.3, 0.4) is 0 Å². The zero-order chi connectivity index (χ0) is 11.1. The van der Waals surface area contributed by atoms with Gasteiger partial charge in [0.1, 0.15) is 10.0 Å². The van der Waals surface area contributed by atoms with Crippen LogP contribution in [-0.4, -0.2) is 22.8 Å². The van der Waals surface area contributed by atoms with Crippen molar-refractivity contribution >= 4 is 11.3 Å². The fraction of sp³-hybridized carbons (Fsp3) is 0.818. The van der Waals surface area contributed by atoms with Gasteiger partial charge in [-0.1, -0.05) is 20.8 Å². The monoisotopic (exact) mass is 227 g/mol. The average molecular weight is 227 g/mol. The van der Waals surface area contributed by atoms with E-state index in [4.69, 9.17) is 0 Å². The lowest BCUT2D eigenvalue weighted by Gasteiger charge is -2.05. The molecule has 0 aliphatic carbocycles. The molecule has 0 amide bonds. The van der Waals surface area contributed by atoms with Crippen molar-refractivity contribution in [2.75, 3.05) is 6.54 Å². The molecule has 15 heavy (non-hydrogen) atoms. The Morgan fingerprint density at radius 2 is 1.87 bits per heavy atom. The lowest BCUT2D eigenvalue weighted by molar-refractivity contribution is 0.569. The predicted molar refractivity (Wildman–Crippen MR) is 65.4 cm³/mol. The summed E-state index contributed by atoms with van der Waals surface area (Å²) < 4.78 is 0. The summed E-state index contributed by atoms with van der Waals surface area (Å²) in [6.07, 6.45) is 4.44. The van der Waals surface area contributed by atoms with Gasteiger partial charge in [0, 0.05) is 18.9 Å². The van der Waals surface area contributed by atoms with Gasteiger partial charge in [-0.2, -0.15) is 0 Å².